The molecule has 1 saturated heterocycles. The highest BCUT2D eigenvalue weighted by molar-refractivity contribution is 5.92. The second-order valence-corrected chi connectivity index (χ2v) is 6.94. The van der Waals surface area contributed by atoms with Crippen molar-refractivity contribution in [3.8, 4) is 11.5 Å². The molecule has 0 spiro atoms. The van der Waals surface area contributed by atoms with Gasteiger partial charge >= 0.3 is 0 Å². The van der Waals surface area contributed by atoms with Crippen molar-refractivity contribution in [2.24, 2.45) is 0 Å². The van der Waals surface area contributed by atoms with Crippen LogP contribution in [0.5, 0.6) is 11.5 Å². The molecule has 4 rings (SSSR count). The Balaban J connectivity index is 1.43. The molecule has 0 aromatic heterocycles. The standard InChI is InChI=1S/C21H23FN2O3/c22-16-5-7-17(8-6-16)23-21(25)14-24-10-1-3-18(24)15-4-9-19-20(13-15)27-12-2-11-26-19/h4-9,13,18H,1-3,10-12,14H2,(H,23,25)/t18-/m0/s1. The van der Waals surface area contributed by atoms with E-state index in [-0.39, 0.29) is 17.8 Å². The molecule has 0 unspecified atom stereocenters. The molecule has 5 nitrogen and oxygen atoms in total. The van der Waals surface area contributed by atoms with Crippen molar-refractivity contribution in [1.82, 2.24) is 4.90 Å². The minimum Gasteiger partial charge on any atom is -0.490 e. The van der Waals surface area contributed by atoms with Gasteiger partial charge in [0.25, 0.3) is 0 Å². The molecule has 0 aliphatic carbocycles. The lowest BCUT2D eigenvalue weighted by atomic mass is 10.0. The van der Waals surface area contributed by atoms with Crippen LogP contribution < -0.4 is 14.8 Å². The molecule has 1 atom stereocenters. The smallest absolute Gasteiger partial charge is 0.238 e. The number of benzene rings is 2. The summed E-state index contributed by atoms with van der Waals surface area (Å²) in [5.41, 5.74) is 1.75. The van der Waals surface area contributed by atoms with E-state index in [1.807, 2.05) is 12.1 Å². The Morgan fingerprint density at radius 1 is 1.07 bits per heavy atom. The first-order chi connectivity index (χ1) is 13.2. The predicted octanol–water partition coefficient (Wildman–Crippen LogP) is 3.76. The van der Waals surface area contributed by atoms with Gasteiger partial charge in [0.2, 0.25) is 5.91 Å². The van der Waals surface area contributed by atoms with Crippen molar-refractivity contribution in [1.29, 1.82) is 0 Å². The Labute approximate surface area is 158 Å². The number of amides is 1. The lowest BCUT2D eigenvalue weighted by molar-refractivity contribution is -0.117. The number of ether oxygens (including phenoxy) is 2. The Bertz CT molecular complexity index is 810. The van der Waals surface area contributed by atoms with Gasteiger partial charge in [-0.1, -0.05) is 6.07 Å². The fraction of sp³-hybridized carbons (Fsp3) is 0.381. The second-order valence-electron chi connectivity index (χ2n) is 6.94. The van der Waals surface area contributed by atoms with E-state index in [0.717, 1.165) is 42.9 Å². The van der Waals surface area contributed by atoms with E-state index in [2.05, 4.69) is 16.3 Å². The first-order valence-corrected chi connectivity index (χ1v) is 9.38. The van der Waals surface area contributed by atoms with Crippen LogP contribution in [0.1, 0.15) is 30.9 Å². The molecule has 1 fully saturated rings. The minimum atomic E-state index is -0.318. The van der Waals surface area contributed by atoms with Crippen LogP contribution >= 0.6 is 0 Å². The Morgan fingerprint density at radius 3 is 2.67 bits per heavy atom. The lowest BCUT2D eigenvalue weighted by Crippen LogP contribution is -2.32. The number of rotatable bonds is 4. The summed E-state index contributed by atoms with van der Waals surface area (Å²) >= 11 is 0. The van der Waals surface area contributed by atoms with Crippen LogP contribution in [-0.4, -0.2) is 37.1 Å². The van der Waals surface area contributed by atoms with Crippen molar-refractivity contribution < 1.29 is 18.7 Å². The van der Waals surface area contributed by atoms with E-state index in [1.54, 1.807) is 12.1 Å². The van der Waals surface area contributed by atoms with Crippen LogP contribution in [0.2, 0.25) is 0 Å². The molecule has 6 heteroatoms. The van der Waals surface area contributed by atoms with Gasteiger partial charge in [-0.2, -0.15) is 0 Å². The van der Waals surface area contributed by atoms with E-state index < -0.39 is 0 Å². The summed E-state index contributed by atoms with van der Waals surface area (Å²) in [6.45, 7) is 2.50. The average Bonchev–Trinajstić information content (AvgIpc) is 2.99. The Morgan fingerprint density at radius 2 is 1.85 bits per heavy atom. The third-order valence-electron chi connectivity index (χ3n) is 4.99. The third kappa shape index (κ3) is 4.22. The summed E-state index contributed by atoms with van der Waals surface area (Å²) < 4.78 is 24.5. The van der Waals surface area contributed by atoms with Crippen molar-refractivity contribution in [3.63, 3.8) is 0 Å². The molecule has 2 aromatic carbocycles. The van der Waals surface area contributed by atoms with Crippen molar-refractivity contribution >= 4 is 11.6 Å². The molecule has 1 amide bonds. The van der Waals surface area contributed by atoms with Gasteiger partial charge in [-0.25, -0.2) is 4.39 Å². The first-order valence-electron chi connectivity index (χ1n) is 9.38. The maximum atomic E-state index is 13.0. The molecule has 0 radical (unpaired) electrons. The number of halogens is 1. The largest absolute Gasteiger partial charge is 0.490 e. The van der Waals surface area contributed by atoms with Crippen molar-refractivity contribution in [3.05, 3.63) is 53.8 Å². The maximum Gasteiger partial charge on any atom is 0.238 e. The van der Waals surface area contributed by atoms with E-state index in [4.69, 9.17) is 9.47 Å². The van der Waals surface area contributed by atoms with Crippen LogP contribution in [-0.2, 0) is 4.79 Å². The fourth-order valence-electron chi connectivity index (χ4n) is 3.70. The van der Waals surface area contributed by atoms with Crippen LogP contribution in [0.15, 0.2) is 42.5 Å². The molecule has 2 aromatic rings. The van der Waals surface area contributed by atoms with Crippen molar-refractivity contribution in [2.45, 2.75) is 25.3 Å². The van der Waals surface area contributed by atoms with Crippen LogP contribution in [0.25, 0.3) is 0 Å². The van der Waals surface area contributed by atoms with Crippen molar-refractivity contribution in [2.75, 3.05) is 31.6 Å². The number of fused-ring (bicyclic) bond motifs is 1. The Hall–Kier alpha value is -2.60. The van der Waals surface area contributed by atoms with E-state index in [0.29, 0.717) is 25.4 Å². The first kappa shape index (κ1) is 17.8. The number of likely N-dealkylation sites (tertiary alicyclic amines) is 1. The number of carbonyl (C=O) groups is 1. The SMILES string of the molecule is O=C(CN1CCC[C@H]1c1ccc2c(c1)OCCCO2)Nc1ccc(F)cc1. The summed E-state index contributed by atoms with van der Waals surface area (Å²) in [6.07, 6.45) is 2.93. The van der Waals surface area contributed by atoms with E-state index in [9.17, 15) is 9.18 Å². The summed E-state index contributed by atoms with van der Waals surface area (Å²) in [4.78, 5) is 14.6. The molecule has 27 heavy (non-hydrogen) atoms. The monoisotopic (exact) mass is 370 g/mol. The molecule has 2 heterocycles. The summed E-state index contributed by atoms with van der Waals surface area (Å²) in [5.74, 6) is 1.16. The number of nitrogens with zero attached hydrogens (tertiary/aromatic N) is 1. The number of anilines is 1. The Kier molecular flexibility index (Phi) is 5.25. The van der Waals surface area contributed by atoms with E-state index >= 15 is 0 Å². The van der Waals surface area contributed by atoms with Crippen LogP contribution in [0, 0.1) is 5.82 Å². The van der Waals surface area contributed by atoms with Gasteiger partial charge in [0.1, 0.15) is 5.82 Å². The normalized spacial score (nSPS) is 19.5. The van der Waals surface area contributed by atoms with Gasteiger partial charge in [-0.05, 0) is 61.3 Å². The van der Waals surface area contributed by atoms with E-state index in [1.165, 1.54) is 12.1 Å². The molecule has 142 valence electrons. The second kappa shape index (κ2) is 7.96. The number of hydrogen-bond acceptors (Lipinski definition) is 4. The number of nitrogens with one attached hydrogen (secondary N) is 1. The zero-order valence-corrected chi connectivity index (χ0v) is 15.1. The van der Waals surface area contributed by atoms with Gasteiger partial charge in [0.15, 0.2) is 11.5 Å². The van der Waals surface area contributed by atoms with Crippen LogP contribution in [0.3, 0.4) is 0 Å². The quantitative estimate of drug-likeness (QED) is 0.890. The lowest BCUT2D eigenvalue weighted by Gasteiger charge is -2.25. The van der Waals surface area contributed by atoms with Gasteiger partial charge in [-0.15, -0.1) is 0 Å². The minimum absolute atomic E-state index is 0.0946. The maximum absolute atomic E-state index is 13.0. The molecular weight excluding hydrogens is 347 g/mol. The molecule has 2 aliphatic rings. The molecule has 1 N–H and O–H groups in total. The number of carbonyl (C=O) groups excluding carboxylic acids is 1. The van der Waals surface area contributed by atoms with Gasteiger partial charge in [-0.3, -0.25) is 9.69 Å². The third-order valence-corrected chi connectivity index (χ3v) is 4.99. The highest BCUT2D eigenvalue weighted by atomic mass is 19.1. The zero-order chi connectivity index (χ0) is 18.6. The molecule has 0 saturated carbocycles. The average molecular weight is 370 g/mol. The van der Waals surface area contributed by atoms with Crippen LogP contribution in [0.4, 0.5) is 10.1 Å². The van der Waals surface area contributed by atoms with Gasteiger partial charge in [0.05, 0.1) is 19.8 Å². The van der Waals surface area contributed by atoms with Gasteiger partial charge in [0, 0.05) is 18.2 Å². The predicted molar refractivity (Wildman–Crippen MR) is 101 cm³/mol. The highest BCUT2D eigenvalue weighted by Gasteiger charge is 2.28. The summed E-state index contributed by atoms with van der Waals surface area (Å²) in [7, 11) is 0. The summed E-state index contributed by atoms with van der Waals surface area (Å²) in [5, 5.41) is 2.83. The molecule has 0 bridgehead atoms. The molecular formula is C21H23FN2O3. The topological polar surface area (TPSA) is 50.8 Å². The highest BCUT2D eigenvalue weighted by Crippen LogP contribution is 2.37. The summed E-state index contributed by atoms with van der Waals surface area (Å²) in [6, 6.07) is 12.1. The molecule has 2 aliphatic heterocycles. The number of hydrogen-bond donors (Lipinski definition) is 1. The zero-order valence-electron chi connectivity index (χ0n) is 15.1. The van der Waals surface area contributed by atoms with Gasteiger partial charge < -0.3 is 14.8 Å². The fourth-order valence-corrected chi connectivity index (χ4v) is 3.70.